The molecular weight excluding hydrogens is 204 g/mol. The maximum atomic E-state index is 11.8. The number of amides is 1. The average Bonchev–Trinajstić information content (AvgIpc) is 2.75. The third-order valence-corrected chi connectivity index (χ3v) is 2.23. The zero-order chi connectivity index (χ0) is 12.0. The molecule has 0 aliphatic rings. The molecule has 0 saturated heterocycles. The summed E-state index contributed by atoms with van der Waals surface area (Å²) in [7, 11) is 0. The van der Waals surface area contributed by atoms with Crippen LogP contribution in [0.15, 0.2) is 22.8 Å². The summed E-state index contributed by atoms with van der Waals surface area (Å²) in [5.41, 5.74) is 0. The fourth-order valence-corrected chi connectivity index (χ4v) is 1.41. The van der Waals surface area contributed by atoms with Crippen LogP contribution in [-0.4, -0.2) is 17.4 Å². The van der Waals surface area contributed by atoms with Crippen LogP contribution in [0.1, 0.15) is 26.0 Å². The quantitative estimate of drug-likeness (QED) is 0.764. The van der Waals surface area contributed by atoms with Gasteiger partial charge >= 0.3 is 0 Å². The van der Waals surface area contributed by atoms with Crippen molar-refractivity contribution >= 4 is 5.91 Å². The molecule has 0 aliphatic heterocycles. The summed E-state index contributed by atoms with van der Waals surface area (Å²) < 4.78 is 5.20. The zero-order valence-corrected chi connectivity index (χ0v) is 9.64. The Morgan fingerprint density at radius 3 is 2.88 bits per heavy atom. The largest absolute Gasteiger partial charge is 0.467 e. The van der Waals surface area contributed by atoms with Crippen LogP contribution in [0, 0.1) is 17.2 Å². The van der Waals surface area contributed by atoms with E-state index in [2.05, 4.69) is 0 Å². The lowest BCUT2D eigenvalue weighted by Crippen LogP contribution is -2.34. The number of furan rings is 1. The Labute approximate surface area is 95.5 Å². The molecule has 0 saturated carbocycles. The van der Waals surface area contributed by atoms with Gasteiger partial charge in [0.25, 0.3) is 0 Å². The summed E-state index contributed by atoms with van der Waals surface area (Å²) in [5.74, 6) is 0.729. The molecule has 16 heavy (non-hydrogen) atoms. The molecule has 4 heteroatoms. The van der Waals surface area contributed by atoms with E-state index < -0.39 is 0 Å². The lowest BCUT2D eigenvalue weighted by atomic mass is 10.2. The first kappa shape index (κ1) is 12.3. The van der Waals surface area contributed by atoms with E-state index in [1.807, 2.05) is 26.0 Å². The molecule has 0 bridgehead atoms. The van der Waals surface area contributed by atoms with Crippen molar-refractivity contribution in [3.05, 3.63) is 24.2 Å². The minimum absolute atomic E-state index is 0.0478. The van der Waals surface area contributed by atoms with Crippen LogP contribution in [0.2, 0.25) is 0 Å². The van der Waals surface area contributed by atoms with Crippen LogP contribution in [0.3, 0.4) is 0 Å². The normalized spacial score (nSPS) is 10.1. The first-order valence-corrected chi connectivity index (χ1v) is 5.33. The van der Waals surface area contributed by atoms with Gasteiger partial charge in [-0.05, 0) is 12.1 Å². The fraction of sp³-hybridized carbons (Fsp3) is 0.500. The van der Waals surface area contributed by atoms with E-state index in [1.54, 1.807) is 17.2 Å². The molecule has 1 rings (SSSR count). The average molecular weight is 220 g/mol. The van der Waals surface area contributed by atoms with Crippen molar-refractivity contribution in [1.29, 1.82) is 5.26 Å². The molecule has 4 nitrogen and oxygen atoms in total. The number of hydrogen-bond acceptors (Lipinski definition) is 3. The van der Waals surface area contributed by atoms with E-state index in [-0.39, 0.29) is 11.8 Å². The molecule has 0 unspecified atom stereocenters. The third-order valence-electron chi connectivity index (χ3n) is 2.23. The summed E-state index contributed by atoms with van der Waals surface area (Å²) in [5, 5.41) is 8.55. The van der Waals surface area contributed by atoms with Crippen LogP contribution in [-0.2, 0) is 11.3 Å². The Kier molecular flexibility index (Phi) is 4.59. The maximum Gasteiger partial charge on any atom is 0.225 e. The number of rotatable bonds is 5. The lowest BCUT2D eigenvalue weighted by Gasteiger charge is -2.22. The van der Waals surface area contributed by atoms with Crippen molar-refractivity contribution < 1.29 is 9.21 Å². The van der Waals surface area contributed by atoms with Gasteiger partial charge < -0.3 is 9.32 Å². The third kappa shape index (κ3) is 3.43. The van der Waals surface area contributed by atoms with E-state index >= 15 is 0 Å². The fourth-order valence-electron chi connectivity index (χ4n) is 1.41. The predicted molar refractivity (Wildman–Crippen MR) is 59.2 cm³/mol. The number of carbonyl (C=O) groups is 1. The van der Waals surface area contributed by atoms with Gasteiger partial charge in [0.2, 0.25) is 5.91 Å². The van der Waals surface area contributed by atoms with Crippen LogP contribution in [0.4, 0.5) is 0 Å². The van der Waals surface area contributed by atoms with Gasteiger partial charge in [-0.1, -0.05) is 13.8 Å². The Morgan fingerprint density at radius 2 is 2.38 bits per heavy atom. The SMILES string of the molecule is CC(C)C(=O)N(CCC#N)Cc1ccco1. The number of carbonyl (C=O) groups excluding carboxylic acids is 1. The molecule has 0 aliphatic carbocycles. The highest BCUT2D eigenvalue weighted by molar-refractivity contribution is 5.78. The van der Waals surface area contributed by atoms with Gasteiger partial charge in [0.15, 0.2) is 0 Å². The highest BCUT2D eigenvalue weighted by Gasteiger charge is 2.17. The van der Waals surface area contributed by atoms with E-state index in [1.165, 1.54) is 0 Å². The summed E-state index contributed by atoms with van der Waals surface area (Å²) in [6, 6.07) is 5.66. The van der Waals surface area contributed by atoms with Crippen LogP contribution in [0.5, 0.6) is 0 Å². The molecule has 0 fully saturated rings. The van der Waals surface area contributed by atoms with Crippen LogP contribution in [0.25, 0.3) is 0 Å². The molecule has 1 aromatic rings. The highest BCUT2D eigenvalue weighted by Crippen LogP contribution is 2.09. The Morgan fingerprint density at radius 1 is 1.62 bits per heavy atom. The van der Waals surface area contributed by atoms with Crippen molar-refractivity contribution in [1.82, 2.24) is 4.90 Å². The van der Waals surface area contributed by atoms with E-state index in [0.717, 1.165) is 5.76 Å². The van der Waals surface area contributed by atoms with Crippen molar-refractivity contribution in [3.8, 4) is 6.07 Å². The second-order valence-corrected chi connectivity index (χ2v) is 3.90. The molecule has 1 heterocycles. The Hall–Kier alpha value is -1.76. The predicted octanol–water partition coefficient (Wildman–Crippen LogP) is 2.18. The van der Waals surface area contributed by atoms with Crippen molar-refractivity contribution in [2.75, 3.05) is 6.54 Å². The van der Waals surface area contributed by atoms with Gasteiger partial charge in [-0.2, -0.15) is 5.26 Å². The molecular formula is C12H16N2O2. The Balaban J connectivity index is 2.64. The molecule has 0 aromatic carbocycles. The molecule has 0 spiro atoms. The number of hydrogen-bond donors (Lipinski definition) is 0. The van der Waals surface area contributed by atoms with Crippen LogP contribution >= 0.6 is 0 Å². The van der Waals surface area contributed by atoms with Gasteiger partial charge in [0.05, 0.1) is 25.3 Å². The number of nitrogens with zero attached hydrogens (tertiary/aromatic N) is 2. The van der Waals surface area contributed by atoms with Gasteiger partial charge in [0, 0.05) is 12.5 Å². The molecule has 0 atom stereocenters. The van der Waals surface area contributed by atoms with E-state index in [9.17, 15) is 4.79 Å². The smallest absolute Gasteiger partial charge is 0.225 e. The van der Waals surface area contributed by atoms with Gasteiger partial charge in [-0.3, -0.25) is 4.79 Å². The molecule has 1 amide bonds. The lowest BCUT2D eigenvalue weighted by molar-refractivity contribution is -0.135. The first-order chi connectivity index (χ1) is 7.65. The van der Waals surface area contributed by atoms with Crippen molar-refractivity contribution in [2.45, 2.75) is 26.8 Å². The summed E-state index contributed by atoms with van der Waals surface area (Å²) in [6.07, 6.45) is 1.93. The standard InChI is InChI=1S/C12H16N2O2/c1-10(2)12(15)14(7-4-6-13)9-11-5-3-8-16-11/h3,5,8,10H,4,7,9H2,1-2H3. The van der Waals surface area contributed by atoms with Gasteiger partial charge in [-0.15, -0.1) is 0 Å². The minimum Gasteiger partial charge on any atom is -0.467 e. The Bertz CT molecular complexity index is 363. The van der Waals surface area contributed by atoms with Crippen LogP contribution < -0.4 is 0 Å². The molecule has 1 aromatic heterocycles. The van der Waals surface area contributed by atoms with E-state index in [4.69, 9.17) is 9.68 Å². The highest BCUT2D eigenvalue weighted by atomic mass is 16.3. The van der Waals surface area contributed by atoms with E-state index in [0.29, 0.717) is 19.5 Å². The van der Waals surface area contributed by atoms with Gasteiger partial charge in [0.1, 0.15) is 5.76 Å². The minimum atomic E-state index is -0.0614. The summed E-state index contributed by atoms with van der Waals surface area (Å²) in [6.45, 7) is 4.59. The van der Waals surface area contributed by atoms with Gasteiger partial charge in [-0.25, -0.2) is 0 Å². The summed E-state index contributed by atoms with van der Waals surface area (Å²) in [4.78, 5) is 13.5. The van der Waals surface area contributed by atoms with Crippen molar-refractivity contribution in [2.24, 2.45) is 5.92 Å². The monoisotopic (exact) mass is 220 g/mol. The number of nitriles is 1. The molecule has 86 valence electrons. The molecule has 0 N–H and O–H groups in total. The molecule has 0 radical (unpaired) electrons. The second-order valence-electron chi connectivity index (χ2n) is 3.90. The zero-order valence-electron chi connectivity index (χ0n) is 9.64. The topological polar surface area (TPSA) is 57.2 Å². The summed E-state index contributed by atoms with van der Waals surface area (Å²) >= 11 is 0. The first-order valence-electron chi connectivity index (χ1n) is 5.33. The van der Waals surface area contributed by atoms with Crippen molar-refractivity contribution in [3.63, 3.8) is 0 Å². The maximum absolute atomic E-state index is 11.8. The second kappa shape index (κ2) is 5.96.